The first-order valence-corrected chi connectivity index (χ1v) is 5.93. The lowest BCUT2D eigenvalue weighted by Gasteiger charge is -2.24. The minimum atomic E-state index is 0.609. The van der Waals surface area contributed by atoms with E-state index < -0.39 is 0 Å². The Kier molecular flexibility index (Phi) is 5.44. The second kappa shape index (κ2) is 6.87. The summed E-state index contributed by atoms with van der Waals surface area (Å²) in [5.74, 6) is 0.952. The van der Waals surface area contributed by atoms with Gasteiger partial charge in [0, 0.05) is 25.8 Å². The zero-order chi connectivity index (χ0) is 12.7. The number of hydrogen-bond donors (Lipinski definition) is 0. The SMILES string of the molecule is CCCN(CCN(C)C)c1ccc(C#N)cn1. The van der Waals surface area contributed by atoms with Gasteiger partial charge in [0.2, 0.25) is 0 Å². The van der Waals surface area contributed by atoms with Crippen molar-refractivity contribution >= 4 is 5.82 Å². The molecule has 1 rings (SSSR count). The zero-order valence-corrected chi connectivity index (χ0v) is 10.8. The van der Waals surface area contributed by atoms with Crippen molar-refractivity contribution < 1.29 is 0 Å². The minimum absolute atomic E-state index is 0.609. The molecular weight excluding hydrogens is 212 g/mol. The molecule has 0 aliphatic carbocycles. The van der Waals surface area contributed by atoms with Crippen molar-refractivity contribution in [3.8, 4) is 6.07 Å². The second-order valence-electron chi connectivity index (χ2n) is 4.31. The lowest BCUT2D eigenvalue weighted by atomic mass is 10.3. The van der Waals surface area contributed by atoms with E-state index in [0.29, 0.717) is 5.56 Å². The first kappa shape index (κ1) is 13.5. The maximum absolute atomic E-state index is 8.74. The molecule has 92 valence electrons. The molecular formula is C13H20N4. The van der Waals surface area contributed by atoms with Gasteiger partial charge in [-0.25, -0.2) is 4.98 Å². The molecule has 0 radical (unpaired) electrons. The van der Waals surface area contributed by atoms with Gasteiger partial charge in [0.05, 0.1) is 5.56 Å². The number of rotatable bonds is 6. The molecule has 0 aromatic carbocycles. The van der Waals surface area contributed by atoms with Crippen molar-refractivity contribution in [3.63, 3.8) is 0 Å². The van der Waals surface area contributed by atoms with Gasteiger partial charge in [-0.15, -0.1) is 0 Å². The molecule has 0 aliphatic heterocycles. The molecule has 0 saturated carbocycles. The Balaban J connectivity index is 2.71. The van der Waals surface area contributed by atoms with E-state index in [2.05, 4.69) is 41.9 Å². The molecule has 1 aromatic rings. The van der Waals surface area contributed by atoms with Gasteiger partial charge < -0.3 is 9.80 Å². The molecule has 0 N–H and O–H groups in total. The maximum atomic E-state index is 8.74. The molecule has 4 nitrogen and oxygen atoms in total. The fourth-order valence-electron chi connectivity index (χ4n) is 1.57. The summed E-state index contributed by atoms with van der Waals surface area (Å²) in [6.45, 7) is 5.11. The number of hydrogen-bond acceptors (Lipinski definition) is 4. The van der Waals surface area contributed by atoms with Crippen LogP contribution in [0.3, 0.4) is 0 Å². The van der Waals surface area contributed by atoms with Crippen LogP contribution >= 0.6 is 0 Å². The summed E-state index contributed by atoms with van der Waals surface area (Å²) < 4.78 is 0. The van der Waals surface area contributed by atoms with Crippen LogP contribution in [0.15, 0.2) is 18.3 Å². The van der Waals surface area contributed by atoms with Gasteiger partial charge in [-0.1, -0.05) is 6.92 Å². The third kappa shape index (κ3) is 4.41. The van der Waals surface area contributed by atoms with Crippen molar-refractivity contribution in [1.82, 2.24) is 9.88 Å². The Morgan fingerprint density at radius 1 is 1.24 bits per heavy atom. The monoisotopic (exact) mass is 232 g/mol. The predicted octanol–water partition coefficient (Wildman–Crippen LogP) is 1.73. The molecule has 0 saturated heterocycles. The topological polar surface area (TPSA) is 43.2 Å². The molecule has 0 amide bonds. The quantitative estimate of drug-likeness (QED) is 0.749. The van der Waals surface area contributed by atoms with Gasteiger partial charge in [0.1, 0.15) is 11.9 Å². The van der Waals surface area contributed by atoms with Crippen LogP contribution in [0.4, 0.5) is 5.82 Å². The fraction of sp³-hybridized carbons (Fsp3) is 0.538. The van der Waals surface area contributed by atoms with E-state index in [-0.39, 0.29) is 0 Å². The van der Waals surface area contributed by atoms with Crippen LogP contribution in [-0.4, -0.2) is 43.6 Å². The summed E-state index contributed by atoms with van der Waals surface area (Å²) in [6, 6.07) is 5.83. The normalized spacial score (nSPS) is 10.3. The number of nitrogens with zero attached hydrogens (tertiary/aromatic N) is 4. The summed E-state index contributed by atoms with van der Waals surface area (Å²) in [6.07, 6.45) is 2.72. The van der Waals surface area contributed by atoms with Gasteiger partial charge in [-0.2, -0.15) is 5.26 Å². The highest BCUT2D eigenvalue weighted by Gasteiger charge is 2.07. The number of aromatic nitrogens is 1. The number of likely N-dealkylation sites (N-methyl/N-ethyl adjacent to an activating group) is 1. The molecule has 0 unspecified atom stereocenters. The van der Waals surface area contributed by atoms with Crippen molar-refractivity contribution in [1.29, 1.82) is 5.26 Å². The summed E-state index contributed by atoms with van der Waals surface area (Å²) in [7, 11) is 4.13. The molecule has 0 aliphatic rings. The van der Waals surface area contributed by atoms with E-state index in [4.69, 9.17) is 5.26 Å². The number of nitriles is 1. The summed E-state index contributed by atoms with van der Waals surface area (Å²) in [5.41, 5.74) is 0.609. The molecule has 1 heterocycles. The van der Waals surface area contributed by atoms with Crippen LogP contribution in [-0.2, 0) is 0 Å². The maximum Gasteiger partial charge on any atom is 0.128 e. The second-order valence-corrected chi connectivity index (χ2v) is 4.31. The lowest BCUT2D eigenvalue weighted by Crippen LogP contribution is -2.32. The Morgan fingerprint density at radius 2 is 2.00 bits per heavy atom. The van der Waals surface area contributed by atoms with Crippen LogP contribution in [0, 0.1) is 11.3 Å². The van der Waals surface area contributed by atoms with Crippen LogP contribution in [0.2, 0.25) is 0 Å². The largest absolute Gasteiger partial charge is 0.355 e. The van der Waals surface area contributed by atoms with E-state index >= 15 is 0 Å². The molecule has 0 spiro atoms. The molecule has 0 bridgehead atoms. The van der Waals surface area contributed by atoms with Crippen molar-refractivity contribution in [2.24, 2.45) is 0 Å². The third-order valence-electron chi connectivity index (χ3n) is 2.51. The Bertz CT molecular complexity index is 364. The van der Waals surface area contributed by atoms with E-state index in [9.17, 15) is 0 Å². The summed E-state index contributed by atoms with van der Waals surface area (Å²) in [5, 5.41) is 8.74. The lowest BCUT2D eigenvalue weighted by molar-refractivity contribution is 0.412. The first-order chi connectivity index (χ1) is 8.17. The van der Waals surface area contributed by atoms with E-state index in [1.165, 1.54) is 0 Å². The van der Waals surface area contributed by atoms with Gasteiger partial charge in [0.15, 0.2) is 0 Å². The standard InChI is InChI=1S/C13H20N4/c1-4-7-17(9-8-16(2)3)13-6-5-12(10-14)11-15-13/h5-6,11H,4,7-9H2,1-3H3. The number of anilines is 1. The highest BCUT2D eigenvalue weighted by atomic mass is 15.2. The molecule has 0 atom stereocenters. The van der Waals surface area contributed by atoms with E-state index in [1.807, 2.05) is 12.1 Å². The summed E-state index contributed by atoms with van der Waals surface area (Å²) >= 11 is 0. The molecule has 4 heteroatoms. The highest BCUT2D eigenvalue weighted by Crippen LogP contribution is 2.11. The van der Waals surface area contributed by atoms with Gasteiger partial charge >= 0.3 is 0 Å². The Labute approximate surface area is 103 Å². The highest BCUT2D eigenvalue weighted by molar-refractivity contribution is 5.41. The average Bonchev–Trinajstić information content (AvgIpc) is 2.34. The smallest absolute Gasteiger partial charge is 0.128 e. The van der Waals surface area contributed by atoms with E-state index in [1.54, 1.807) is 6.20 Å². The van der Waals surface area contributed by atoms with Crippen molar-refractivity contribution in [2.75, 3.05) is 38.6 Å². The molecule has 1 aromatic heterocycles. The third-order valence-corrected chi connectivity index (χ3v) is 2.51. The zero-order valence-electron chi connectivity index (χ0n) is 10.8. The minimum Gasteiger partial charge on any atom is -0.355 e. The first-order valence-electron chi connectivity index (χ1n) is 5.93. The van der Waals surface area contributed by atoms with E-state index in [0.717, 1.165) is 31.9 Å². The average molecular weight is 232 g/mol. The van der Waals surface area contributed by atoms with Gasteiger partial charge in [0.25, 0.3) is 0 Å². The van der Waals surface area contributed by atoms with Gasteiger partial charge in [-0.3, -0.25) is 0 Å². The van der Waals surface area contributed by atoms with Crippen LogP contribution in [0.5, 0.6) is 0 Å². The van der Waals surface area contributed by atoms with Crippen LogP contribution in [0.1, 0.15) is 18.9 Å². The van der Waals surface area contributed by atoms with Crippen LogP contribution < -0.4 is 4.90 Å². The Hall–Kier alpha value is -1.60. The number of pyridine rings is 1. The molecule has 17 heavy (non-hydrogen) atoms. The van der Waals surface area contributed by atoms with Crippen molar-refractivity contribution in [2.45, 2.75) is 13.3 Å². The fourth-order valence-corrected chi connectivity index (χ4v) is 1.57. The molecule has 0 fully saturated rings. The Morgan fingerprint density at radius 3 is 2.47 bits per heavy atom. The van der Waals surface area contributed by atoms with Crippen LogP contribution in [0.25, 0.3) is 0 Å². The van der Waals surface area contributed by atoms with Crippen molar-refractivity contribution in [3.05, 3.63) is 23.9 Å². The summed E-state index contributed by atoms with van der Waals surface area (Å²) in [4.78, 5) is 8.74. The predicted molar refractivity (Wildman–Crippen MR) is 70.0 cm³/mol. The van der Waals surface area contributed by atoms with Gasteiger partial charge in [-0.05, 0) is 32.6 Å².